The van der Waals surface area contributed by atoms with Gasteiger partial charge in [-0.3, -0.25) is 0 Å². The highest BCUT2D eigenvalue weighted by molar-refractivity contribution is 5.79. The number of imidazole rings is 1. The van der Waals surface area contributed by atoms with Gasteiger partial charge in [0.05, 0.1) is 23.9 Å². The van der Waals surface area contributed by atoms with E-state index in [1.807, 2.05) is 60.7 Å². The number of para-hydroxylation sites is 3. The Morgan fingerprint density at radius 1 is 0.880 bits per heavy atom. The van der Waals surface area contributed by atoms with E-state index in [1.54, 1.807) is 6.26 Å². The third kappa shape index (κ3) is 3.43. The summed E-state index contributed by atoms with van der Waals surface area (Å²) in [5.74, 6) is 2.61. The van der Waals surface area contributed by atoms with Crippen molar-refractivity contribution in [1.82, 2.24) is 9.55 Å². The number of aryl methyl sites for hydroxylation is 1. The predicted molar refractivity (Wildman–Crippen MR) is 98.6 cm³/mol. The molecule has 0 radical (unpaired) electrons. The highest BCUT2D eigenvalue weighted by atomic mass is 16.5. The van der Waals surface area contributed by atoms with Gasteiger partial charge in [0.15, 0.2) is 11.6 Å². The molecule has 2 heterocycles. The number of ether oxygens (including phenoxy) is 1. The number of furan rings is 1. The molecule has 4 nitrogen and oxygen atoms in total. The van der Waals surface area contributed by atoms with Crippen LogP contribution in [0.4, 0.5) is 0 Å². The maximum Gasteiger partial charge on any atom is 0.177 e. The van der Waals surface area contributed by atoms with Gasteiger partial charge in [-0.1, -0.05) is 30.3 Å². The first-order chi connectivity index (χ1) is 12.4. The SMILES string of the molecule is c1ccc(OCCCCn2c(-c3ccco3)nc3ccccc32)cc1. The monoisotopic (exact) mass is 332 g/mol. The van der Waals surface area contributed by atoms with Crippen LogP contribution >= 0.6 is 0 Å². The lowest BCUT2D eigenvalue weighted by Gasteiger charge is -2.09. The second kappa shape index (κ2) is 7.26. The lowest BCUT2D eigenvalue weighted by Crippen LogP contribution is -2.03. The summed E-state index contributed by atoms with van der Waals surface area (Å²) in [6.45, 7) is 1.60. The Morgan fingerprint density at radius 3 is 2.56 bits per heavy atom. The van der Waals surface area contributed by atoms with E-state index in [9.17, 15) is 0 Å². The van der Waals surface area contributed by atoms with Crippen LogP contribution in [0.25, 0.3) is 22.6 Å². The minimum atomic E-state index is 0.715. The van der Waals surface area contributed by atoms with Crippen LogP contribution in [0, 0.1) is 0 Å². The Hall–Kier alpha value is -3.01. The van der Waals surface area contributed by atoms with Crippen LogP contribution in [0.1, 0.15) is 12.8 Å². The van der Waals surface area contributed by atoms with Gasteiger partial charge in [0.1, 0.15) is 5.75 Å². The smallest absolute Gasteiger partial charge is 0.177 e. The molecule has 2 aromatic heterocycles. The van der Waals surface area contributed by atoms with Crippen LogP contribution < -0.4 is 4.74 Å². The zero-order valence-corrected chi connectivity index (χ0v) is 14.0. The third-order valence-corrected chi connectivity index (χ3v) is 4.18. The largest absolute Gasteiger partial charge is 0.494 e. The number of fused-ring (bicyclic) bond motifs is 1. The number of aromatic nitrogens is 2. The summed E-state index contributed by atoms with van der Waals surface area (Å²) in [6.07, 6.45) is 3.69. The Labute approximate surface area is 146 Å². The number of hydrogen-bond acceptors (Lipinski definition) is 3. The van der Waals surface area contributed by atoms with Crippen LogP contribution in [-0.2, 0) is 6.54 Å². The molecule has 0 unspecified atom stereocenters. The lowest BCUT2D eigenvalue weighted by atomic mass is 10.3. The molecule has 0 saturated heterocycles. The van der Waals surface area contributed by atoms with Crippen molar-refractivity contribution in [2.45, 2.75) is 19.4 Å². The van der Waals surface area contributed by atoms with Crippen molar-refractivity contribution in [2.24, 2.45) is 0 Å². The summed E-state index contributed by atoms with van der Waals surface area (Å²) in [5.41, 5.74) is 2.13. The highest BCUT2D eigenvalue weighted by Gasteiger charge is 2.13. The first-order valence-electron chi connectivity index (χ1n) is 8.59. The molecule has 0 atom stereocenters. The molecule has 0 aliphatic rings. The number of nitrogens with zero attached hydrogens (tertiary/aromatic N) is 2. The minimum Gasteiger partial charge on any atom is -0.494 e. The van der Waals surface area contributed by atoms with E-state index in [2.05, 4.69) is 10.6 Å². The van der Waals surface area contributed by atoms with Gasteiger partial charge in [-0.2, -0.15) is 0 Å². The van der Waals surface area contributed by atoms with Gasteiger partial charge < -0.3 is 13.7 Å². The van der Waals surface area contributed by atoms with E-state index in [1.165, 1.54) is 0 Å². The van der Waals surface area contributed by atoms with Gasteiger partial charge in [0.2, 0.25) is 0 Å². The summed E-state index contributed by atoms with van der Waals surface area (Å²) in [6, 6.07) is 22.0. The molecule has 2 aromatic carbocycles. The molecule has 0 aliphatic heterocycles. The molecule has 0 aliphatic carbocycles. The zero-order valence-electron chi connectivity index (χ0n) is 14.0. The van der Waals surface area contributed by atoms with Crippen molar-refractivity contribution >= 4 is 11.0 Å². The molecule has 0 bridgehead atoms. The van der Waals surface area contributed by atoms with Crippen molar-refractivity contribution in [3.63, 3.8) is 0 Å². The minimum absolute atomic E-state index is 0.715. The summed E-state index contributed by atoms with van der Waals surface area (Å²) < 4.78 is 13.6. The molecule has 0 spiro atoms. The molecule has 25 heavy (non-hydrogen) atoms. The number of benzene rings is 2. The average Bonchev–Trinajstić information content (AvgIpc) is 3.30. The van der Waals surface area contributed by atoms with Gasteiger partial charge in [0, 0.05) is 6.54 Å². The van der Waals surface area contributed by atoms with E-state index < -0.39 is 0 Å². The van der Waals surface area contributed by atoms with Gasteiger partial charge in [-0.05, 0) is 49.2 Å². The van der Waals surface area contributed by atoms with Crippen molar-refractivity contribution in [3.05, 3.63) is 73.0 Å². The maximum atomic E-state index is 5.77. The lowest BCUT2D eigenvalue weighted by molar-refractivity contribution is 0.303. The highest BCUT2D eigenvalue weighted by Crippen LogP contribution is 2.25. The summed E-state index contributed by atoms with van der Waals surface area (Å²) in [5, 5.41) is 0. The fourth-order valence-electron chi connectivity index (χ4n) is 2.97. The van der Waals surface area contributed by atoms with Gasteiger partial charge in [-0.15, -0.1) is 0 Å². The Kier molecular flexibility index (Phi) is 4.51. The van der Waals surface area contributed by atoms with E-state index >= 15 is 0 Å². The van der Waals surface area contributed by atoms with E-state index in [0.29, 0.717) is 6.61 Å². The predicted octanol–water partition coefficient (Wildman–Crippen LogP) is 5.16. The first-order valence-corrected chi connectivity index (χ1v) is 8.59. The Bertz CT molecular complexity index is 927. The molecule has 4 aromatic rings. The average molecular weight is 332 g/mol. The van der Waals surface area contributed by atoms with E-state index in [4.69, 9.17) is 14.1 Å². The van der Waals surface area contributed by atoms with Crippen molar-refractivity contribution < 1.29 is 9.15 Å². The molecule has 126 valence electrons. The molecular weight excluding hydrogens is 312 g/mol. The number of unbranched alkanes of at least 4 members (excludes halogenated alkanes) is 1. The molecule has 0 amide bonds. The summed E-state index contributed by atoms with van der Waals surface area (Å²) in [4.78, 5) is 4.74. The van der Waals surface area contributed by atoms with Crippen LogP contribution in [-0.4, -0.2) is 16.2 Å². The van der Waals surface area contributed by atoms with Gasteiger partial charge in [-0.25, -0.2) is 4.98 Å². The standard InChI is InChI=1S/C21H20N2O2/c1-2-9-17(10-3-1)24-15-7-6-14-23-19-12-5-4-11-18(19)22-21(23)20-13-8-16-25-20/h1-5,8-13,16H,6-7,14-15H2. The zero-order chi connectivity index (χ0) is 16.9. The fourth-order valence-corrected chi connectivity index (χ4v) is 2.97. The fraction of sp³-hybridized carbons (Fsp3) is 0.190. The van der Waals surface area contributed by atoms with E-state index in [0.717, 1.165) is 47.8 Å². The maximum absolute atomic E-state index is 5.77. The van der Waals surface area contributed by atoms with Crippen LogP contribution in [0.2, 0.25) is 0 Å². The topological polar surface area (TPSA) is 40.2 Å². The summed E-state index contributed by atoms with van der Waals surface area (Å²) in [7, 11) is 0. The van der Waals surface area contributed by atoms with Crippen molar-refractivity contribution in [1.29, 1.82) is 0 Å². The normalized spacial score (nSPS) is 11.0. The number of hydrogen-bond donors (Lipinski definition) is 0. The second-order valence-electron chi connectivity index (χ2n) is 5.92. The van der Waals surface area contributed by atoms with E-state index in [-0.39, 0.29) is 0 Å². The Balaban J connectivity index is 1.44. The van der Waals surface area contributed by atoms with Crippen LogP contribution in [0.3, 0.4) is 0 Å². The quantitative estimate of drug-likeness (QED) is 0.439. The molecule has 0 fully saturated rings. The third-order valence-electron chi connectivity index (χ3n) is 4.18. The molecule has 0 saturated carbocycles. The molecule has 4 heteroatoms. The van der Waals surface area contributed by atoms with Crippen molar-refractivity contribution in [3.8, 4) is 17.3 Å². The van der Waals surface area contributed by atoms with Crippen molar-refractivity contribution in [2.75, 3.05) is 6.61 Å². The second-order valence-corrected chi connectivity index (χ2v) is 5.92. The van der Waals surface area contributed by atoms with Gasteiger partial charge >= 0.3 is 0 Å². The summed E-state index contributed by atoms with van der Waals surface area (Å²) >= 11 is 0. The molecular formula is C21H20N2O2. The number of rotatable bonds is 7. The van der Waals surface area contributed by atoms with Crippen LogP contribution in [0.15, 0.2) is 77.4 Å². The Morgan fingerprint density at radius 2 is 1.72 bits per heavy atom. The molecule has 4 rings (SSSR count). The van der Waals surface area contributed by atoms with Gasteiger partial charge in [0.25, 0.3) is 0 Å². The van der Waals surface area contributed by atoms with Crippen LogP contribution in [0.5, 0.6) is 5.75 Å². The first kappa shape index (κ1) is 15.5. The molecule has 0 N–H and O–H groups in total.